The van der Waals surface area contributed by atoms with Crippen molar-refractivity contribution in [1.29, 1.82) is 0 Å². The van der Waals surface area contributed by atoms with Gasteiger partial charge in [-0.25, -0.2) is 0 Å². The minimum absolute atomic E-state index is 0.199. The molecule has 2 rings (SSSR count). The van der Waals surface area contributed by atoms with Gasteiger partial charge in [-0.2, -0.15) is 0 Å². The van der Waals surface area contributed by atoms with Crippen molar-refractivity contribution in [2.45, 2.75) is 19.5 Å². The third-order valence-electron chi connectivity index (χ3n) is 2.41. The van der Waals surface area contributed by atoms with Crippen molar-refractivity contribution in [3.8, 4) is 5.75 Å². The first-order valence-electron chi connectivity index (χ1n) is 5.74. The molecular weight excluding hydrogens is 275 g/mol. The Bertz CT molecular complexity index is 566. The topological polar surface area (TPSA) is 54.6 Å². The molecule has 0 amide bonds. The number of nitrogens with one attached hydrogen (secondary N) is 1. The van der Waals surface area contributed by atoms with E-state index in [0.717, 1.165) is 0 Å². The van der Waals surface area contributed by atoms with Crippen LogP contribution < -0.4 is 10.1 Å². The number of halogens is 3. The summed E-state index contributed by atoms with van der Waals surface area (Å²) in [5.74, 6) is 0.699. The summed E-state index contributed by atoms with van der Waals surface area (Å²) in [6.45, 7) is 0.0877. The van der Waals surface area contributed by atoms with Crippen LogP contribution >= 0.6 is 0 Å². The fraction of sp³-hybridized carbons (Fsp3) is 0.231. The van der Waals surface area contributed by atoms with Gasteiger partial charge in [0.1, 0.15) is 23.9 Å². The van der Waals surface area contributed by atoms with Gasteiger partial charge >= 0.3 is 6.36 Å². The van der Waals surface area contributed by atoms with Crippen LogP contribution in [0.15, 0.2) is 40.8 Å². The van der Waals surface area contributed by atoms with Crippen molar-refractivity contribution in [3.63, 3.8) is 0 Å². The summed E-state index contributed by atoms with van der Waals surface area (Å²) < 4.78 is 45.3. The standard InChI is InChI=1S/C13H12F3NO3/c14-13(15,16)20-10-3-1-2-9(6-10)17-7-11-4-5-12(8-18)19-11/h1-6,17-18H,7-8H2. The fourth-order valence-electron chi connectivity index (χ4n) is 1.59. The SMILES string of the molecule is OCc1ccc(CNc2cccc(OC(F)(F)F)c2)o1. The lowest BCUT2D eigenvalue weighted by Gasteiger charge is -2.10. The van der Waals surface area contributed by atoms with Crippen LogP contribution in [0.1, 0.15) is 11.5 Å². The number of hydrogen-bond acceptors (Lipinski definition) is 4. The molecule has 1 aromatic carbocycles. The van der Waals surface area contributed by atoms with E-state index < -0.39 is 6.36 Å². The van der Waals surface area contributed by atoms with E-state index in [0.29, 0.717) is 17.2 Å². The number of furan rings is 1. The Hall–Kier alpha value is -2.15. The molecule has 0 spiro atoms. The summed E-state index contributed by atoms with van der Waals surface area (Å²) in [5, 5.41) is 11.7. The van der Waals surface area contributed by atoms with Crippen LogP contribution in [-0.4, -0.2) is 11.5 Å². The molecule has 0 aliphatic heterocycles. The zero-order valence-corrected chi connectivity index (χ0v) is 10.3. The highest BCUT2D eigenvalue weighted by Gasteiger charge is 2.31. The molecule has 0 aliphatic carbocycles. The Kier molecular flexibility index (Phi) is 4.19. The predicted octanol–water partition coefficient (Wildman–Crippen LogP) is 3.28. The third-order valence-corrected chi connectivity index (χ3v) is 2.41. The lowest BCUT2D eigenvalue weighted by atomic mass is 10.3. The van der Waals surface area contributed by atoms with Crippen LogP contribution in [0.4, 0.5) is 18.9 Å². The zero-order chi connectivity index (χ0) is 14.6. The normalized spacial score (nSPS) is 11.4. The van der Waals surface area contributed by atoms with Gasteiger partial charge in [0.05, 0.1) is 6.54 Å². The van der Waals surface area contributed by atoms with Crippen LogP contribution in [-0.2, 0) is 13.2 Å². The number of benzene rings is 1. The first-order chi connectivity index (χ1) is 9.46. The summed E-state index contributed by atoms with van der Waals surface area (Å²) in [6.07, 6.45) is -4.71. The summed E-state index contributed by atoms with van der Waals surface area (Å²) >= 11 is 0. The molecule has 2 N–H and O–H groups in total. The summed E-state index contributed by atoms with van der Waals surface area (Å²) in [7, 11) is 0. The van der Waals surface area contributed by atoms with Gasteiger partial charge in [0, 0.05) is 11.8 Å². The molecule has 0 atom stereocenters. The van der Waals surface area contributed by atoms with E-state index in [1.165, 1.54) is 18.2 Å². The molecule has 1 heterocycles. The summed E-state index contributed by atoms with van der Waals surface area (Å²) in [6, 6.07) is 8.82. The van der Waals surface area contributed by atoms with Gasteiger partial charge in [0.2, 0.25) is 0 Å². The van der Waals surface area contributed by atoms with Crippen LogP contribution in [0, 0.1) is 0 Å². The molecule has 0 unspecified atom stereocenters. The molecule has 0 radical (unpaired) electrons. The first-order valence-corrected chi connectivity index (χ1v) is 5.74. The Balaban J connectivity index is 1.97. The smallest absolute Gasteiger partial charge is 0.462 e. The molecule has 0 saturated heterocycles. The van der Waals surface area contributed by atoms with Crippen molar-refractivity contribution < 1.29 is 27.4 Å². The average molecular weight is 287 g/mol. The molecule has 1 aromatic heterocycles. The highest BCUT2D eigenvalue weighted by atomic mass is 19.4. The molecule has 2 aromatic rings. The van der Waals surface area contributed by atoms with Gasteiger partial charge in [-0.3, -0.25) is 0 Å². The number of alkyl halides is 3. The largest absolute Gasteiger partial charge is 0.573 e. The minimum Gasteiger partial charge on any atom is -0.462 e. The highest BCUT2D eigenvalue weighted by molar-refractivity contribution is 5.48. The number of anilines is 1. The molecule has 0 fully saturated rings. The maximum absolute atomic E-state index is 12.1. The zero-order valence-electron chi connectivity index (χ0n) is 10.3. The van der Waals surface area contributed by atoms with Gasteiger partial charge in [0.25, 0.3) is 0 Å². The van der Waals surface area contributed by atoms with E-state index in [1.807, 2.05) is 0 Å². The maximum Gasteiger partial charge on any atom is 0.573 e. The first kappa shape index (κ1) is 14.3. The number of ether oxygens (including phenoxy) is 1. The highest BCUT2D eigenvalue weighted by Crippen LogP contribution is 2.25. The van der Waals surface area contributed by atoms with Crippen molar-refractivity contribution in [2.24, 2.45) is 0 Å². The summed E-state index contributed by atoms with van der Waals surface area (Å²) in [4.78, 5) is 0. The van der Waals surface area contributed by atoms with Crippen molar-refractivity contribution >= 4 is 5.69 Å². The summed E-state index contributed by atoms with van der Waals surface area (Å²) in [5.41, 5.74) is 0.466. The van der Waals surface area contributed by atoms with E-state index in [4.69, 9.17) is 9.52 Å². The average Bonchev–Trinajstić information content (AvgIpc) is 2.83. The molecule has 0 bridgehead atoms. The second-order valence-corrected chi connectivity index (χ2v) is 3.96. The van der Waals surface area contributed by atoms with Crippen molar-refractivity contribution in [2.75, 3.05) is 5.32 Å². The third kappa shape index (κ3) is 4.20. The monoisotopic (exact) mass is 287 g/mol. The molecule has 20 heavy (non-hydrogen) atoms. The Morgan fingerprint density at radius 1 is 1.15 bits per heavy atom. The second-order valence-electron chi connectivity index (χ2n) is 3.96. The lowest BCUT2D eigenvalue weighted by molar-refractivity contribution is -0.274. The van der Waals surface area contributed by atoms with E-state index in [1.54, 1.807) is 18.2 Å². The van der Waals surface area contributed by atoms with Gasteiger partial charge in [-0.15, -0.1) is 13.2 Å². The van der Waals surface area contributed by atoms with Crippen LogP contribution in [0.25, 0.3) is 0 Å². The molecule has 108 valence electrons. The van der Waals surface area contributed by atoms with Crippen molar-refractivity contribution in [1.82, 2.24) is 0 Å². The van der Waals surface area contributed by atoms with Crippen molar-refractivity contribution in [3.05, 3.63) is 47.9 Å². The van der Waals surface area contributed by atoms with Crippen LogP contribution in [0.2, 0.25) is 0 Å². The Labute approximate surface area is 112 Å². The molecule has 0 aliphatic rings. The number of aliphatic hydroxyl groups excluding tert-OH is 1. The molecule has 4 nitrogen and oxygen atoms in total. The maximum atomic E-state index is 12.1. The quantitative estimate of drug-likeness (QED) is 0.886. The fourth-order valence-corrected chi connectivity index (χ4v) is 1.59. The second kappa shape index (κ2) is 5.87. The van der Waals surface area contributed by atoms with Gasteiger partial charge in [-0.1, -0.05) is 6.07 Å². The lowest BCUT2D eigenvalue weighted by Crippen LogP contribution is -2.17. The number of hydrogen-bond donors (Lipinski definition) is 2. The van der Waals surface area contributed by atoms with Gasteiger partial charge in [0.15, 0.2) is 0 Å². The number of rotatable bonds is 5. The van der Waals surface area contributed by atoms with E-state index >= 15 is 0 Å². The predicted molar refractivity (Wildman–Crippen MR) is 65.1 cm³/mol. The Morgan fingerprint density at radius 2 is 1.90 bits per heavy atom. The van der Waals surface area contributed by atoms with Crippen LogP contribution in [0.3, 0.4) is 0 Å². The molecular formula is C13H12F3NO3. The van der Waals surface area contributed by atoms with Gasteiger partial charge < -0.3 is 19.6 Å². The molecule has 0 saturated carbocycles. The minimum atomic E-state index is -4.71. The Morgan fingerprint density at radius 3 is 2.55 bits per heavy atom. The van der Waals surface area contributed by atoms with E-state index in [-0.39, 0.29) is 18.9 Å². The molecule has 7 heteroatoms. The van der Waals surface area contributed by atoms with E-state index in [2.05, 4.69) is 10.1 Å². The number of aliphatic hydroxyl groups is 1. The van der Waals surface area contributed by atoms with Crippen LogP contribution in [0.5, 0.6) is 5.75 Å². The van der Waals surface area contributed by atoms with E-state index in [9.17, 15) is 13.2 Å². The van der Waals surface area contributed by atoms with Gasteiger partial charge in [-0.05, 0) is 24.3 Å².